The summed E-state index contributed by atoms with van der Waals surface area (Å²) >= 11 is 0. The molecule has 1 heterocycles. The van der Waals surface area contributed by atoms with Crippen LogP contribution in [0.4, 0.5) is 0 Å². The van der Waals surface area contributed by atoms with Crippen LogP contribution in [0.3, 0.4) is 0 Å². The zero-order chi connectivity index (χ0) is 9.84. The van der Waals surface area contributed by atoms with E-state index in [4.69, 9.17) is 9.47 Å². The van der Waals surface area contributed by atoms with Crippen LogP contribution in [-0.4, -0.2) is 24.6 Å². The van der Waals surface area contributed by atoms with Crippen molar-refractivity contribution in [3.05, 3.63) is 12.7 Å². The molecule has 1 aliphatic heterocycles. The van der Waals surface area contributed by atoms with Gasteiger partial charge in [0, 0.05) is 6.42 Å². The molecule has 0 bridgehead atoms. The molecule has 1 rings (SSSR count). The molecule has 0 radical (unpaired) electrons. The van der Waals surface area contributed by atoms with E-state index in [1.165, 1.54) is 6.08 Å². The second kappa shape index (κ2) is 4.07. The van der Waals surface area contributed by atoms with Gasteiger partial charge >= 0.3 is 11.9 Å². The van der Waals surface area contributed by atoms with E-state index >= 15 is 0 Å². The van der Waals surface area contributed by atoms with Crippen LogP contribution >= 0.6 is 0 Å². The van der Waals surface area contributed by atoms with E-state index in [1.54, 1.807) is 6.92 Å². The second-order valence-corrected chi connectivity index (χ2v) is 2.75. The molecule has 0 aromatic rings. The fraction of sp³-hybridized carbons (Fsp3) is 0.556. The van der Waals surface area contributed by atoms with Crippen molar-refractivity contribution in [2.24, 2.45) is 5.92 Å². The number of rotatable bonds is 3. The lowest BCUT2D eigenvalue weighted by Crippen LogP contribution is -2.21. The number of carbonyl (C=O) groups is 2. The highest BCUT2D eigenvalue weighted by Crippen LogP contribution is 2.22. The molecule has 0 aliphatic carbocycles. The summed E-state index contributed by atoms with van der Waals surface area (Å²) in [5.41, 5.74) is 0. The summed E-state index contributed by atoms with van der Waals surface area (Å²) < 4.78 is 9.55. The van der Waals surface area contributed by atoms with Gasteiger partial charge in [-0.2, -0.15) is 0 Å². The number of carbonyl (C=O) groups excluding carboxylic acids is 2. The predicted molar refractivity (Wildman–Crippen MR) is 44.8 cm³/mol. The number of cyclic esters (lactones) is 1. The van der Waals surface area contributed by atoms with Crippen LogP contribution in [0.1, 0.15) is 13.3 Å². The van der Waals surface area contributed by atoms with E-state index in [0.717, 1.165) is 0 Å². The molecule has 13 heavy (non-hydrogen) atoms. The molecule has 1 fully saturated rings. The van der Waals surface area contributed by atoms with E-state index in [9.17, 15) is 9.59 Å². The average molecular weight is 184 g/mol. The van der Waals surface area contributed by atoms with Gasteiger partial charge in [-0.15, -0.1) is 0 Å². The van der Waals surface area contributed by atoms with Gasteiger partial charge in [-0.25, -0.2) is 0 Å². The van der Waals surface area contributed by atoms with E-state index in [1.807, 2.05) is 0 Å². The van der Waals surface area contributed by atoms with E-state index in [0.29, 0.717) is 6.42 Å². The van der Waals surface area contributed by atoms with Crippen molar-refractivity contribution in [3.8, 4) is 0 Å². The molecule has 1 aliphatic rings. The fourth-order valence-electron chi connectivity index (χ4n) is 1.19. The number of ether oxygens (including phenoxy) is 2. The van der Waals surface area contributed by atoms with Crippen molar-refractivity contribution in [2.75, 3.05) is 6.61 Å². The van der Waals surface area contributed by atoms with Crippen molar-refractivity contribution in [1.82, 2.24) is 0 Å². The molecule has 72 valence electrons. The lowest BCUT2D eigenvalue weighted by Gasteiger charge is -2.03. The number of hydrogen-bond acceptors (Lipinski definition) is 4. The molecule has 2 atom stereocenters. The Balaban J connectivity index is 2.56. The molecule has 4 heteroatoms. The smallest absolute Gasteiger partial charge is 0.321 e. The topological polar surface area (TPSA) is 52.6 Å². The van der Waals surface area contributed by atoms with E-state index in [2.05, 4.69) is 6.58 Å². The maximum absolute atomic E-state index is 11.2. The fourth-order valence-corrected chi connectivity index (χ4v) is 1.19. The molecule has 1 saturated heterocycles. The van der Waals surface area contributed by atoms with E-state index in [-0.39, 0.29) is 12.7 Å². The molecule has 0 aromatic carbocycles. The molecule has 4 nitrogen and oxygen atoms in total. The minimum absolute atomic E-state index is 0.279. The highest BCUT2D eigenvalue weighted by Gasteiger charge is 2.39. The minimum atomic E-state index is -0.761. The maximum atomic E-state index is 11.2. The Morgan fingerprint density at radius 3 is 3.00 bits per heavy atom. The Kier molecular flexibility index (Phi) is 3.06. The van der Waals surface area contributed by atoms with Crippen LogP contribution in [0, 0.1) is 5.92 Å². The Morgan fingerprint density at radius 1 is 1.85 bits per heavy atom. The van der Waals surface area contributed by atoms with E-state index < -0.39 is 17.9 Å². The third kappa shape index (κ3) is 2.08. The van der Waals surface area contributed by atoms with Gasteiger partial charge in [0.1, 0.15) is 6.10 Å². The molecular weight excluding hydrogens is 172 g/mol. The van der Waals surface area contributed by atoms with Crippen LogP contribution in [-0.2, 0) is 19.1 Å². The van der Waals surface area contributed by atoms with Gasteiger partial charge in [0.2, 0.25) is 0 Å². The lowest BCUT2D eigenvalue weighted by molar-refractivity contribution is -0.155. The number of hydrogen-bond donors (Lipinski definition) is 0. The summed E-state index contributed by atoms with van der Waals surface area (Å²) in [6, 6.07) is 0. The third-order valence-electron chi connectivity index (χ3n) is 1.85. The first-order valence-electron chi connectivity index (χ1n) is 4.18. The van der Waals surface area contributed by atoms with Gasteiger partial charge in [0.15, 0.2) is 5.92 Å². The predicted octanol–water partition coefficient (Wildman–Crippen LogP) is 0.667. The van der Waals surface area contributed by atoms with Gasteiger partial charge in [-0.3, -0.25) is 9.59 Å². The van der Waals surface area contributed by atoms with Crippen LogP contribution in [0.5, 0.6) is 0 Å². The molecule has 2 unspecified atom stereocenters. The van der Waals surface area contributed by atoms with Crippen LogP contribution in [0.2, 0.25) is 0 Å². The monoisotopic (exact) mass is 184 g/mol. The average Bonchev–Trinajstić information content (AvgIpc) is 2.47. The van der Waals surface area contributed by atoms with Gasteiger partial charge in [-0.1, -0.05) is 12.7 Å². The summed E-state index contributed by atoms with van der Waals surface area (Å²) in [6.07, 6.45) is 1.51. The Labute approximate surface area is 76.5 Å². The van der Waals surface area contributed by atoms with Crippen LogP contribution in [0.25, 0.3) is 0 Å². The first-order valence-corrected chi connectivity index (χ1v) is 4.18. The SMILES string of the molecule is C=CC1CC(C(=O)OCC)C(=O)O1. The maximum Gasteiger partial charge on any atom is 0.321 e. The highest BCUT2D eigenvalue weighted by atomic mass is 16.6. The van der Waals surface area contributed by atoms with Gasteiger partial charge in [0.05, 0.1) is 6.61 Å². The zero-order valence-corrected chi connectivity index (χ0v) is 7.49. The molecule has 0 saturated carbocycles. The highest BCUT2D eigenvalue weighted by molar-refractivity contribution is 5.96. The molecule has 0 aromatic heterocycles. The summed E-state index contributed by atoms with van der Waals surface area (Å²) in [5, 5.41) is 0. The van der Waals surface area contributed by atoms with Crippen molar-refractivity contribution in [3.63, 3.8) is 0 Å². The largest absolute Gasteiger partial charge is 0.465 e. The summed E-state index contributed by atoms with van der Waals surface area (Å²) in [6.45, 7) is 5.46. The third-order valence-corrected chi connectivity index (χ3v) is 1.85. The second-order valence-electron chi connectivity index (χ2n) is 2.75. The van der Waals surface area contributed by atoms with Crippen molar-refractivity contribution in [2.45, 2.75) is 19.4 Å². The first-order chi connectivity index (χ1) is 6.19. The van der Waals surface area contributed by atoms with Crippen LogP contribution < -0.4 is 0 Å². The zero-order valence-electron chi connectivity index (χ0n) is 7.49. The molecular formula is C9H12O4. The Hall–Kier alpha value is -1.32. The van der Waals surface area contributed by atoms with Crippen molar-refractivity contribution >= 4 is 11.9 Å². The Bertz CT molecular complexity index is 234. The summed E-state index contributed by atoms with van der Waals surface area (Å²) in [5.74, 6) is -1.77. The first kappa shape index (κ1) is 9.77. The van der Waals surface area contributed by atoms with Crippen molar-refractivity contribution in [1.29, 1.82) is 0 Å². The quantitative estimate of drug-likeness (QED) is 0.367. The lowest BCUT2D eigenvalue weighted by atomic mass is 10.1. The molecule has 0 amide bonds. The Morgan fingerprint density at radius 2 is 2.54 bits per heavy atom. The van der Waals surface area contributed by atoms with Gasteiger partial charge in [0.25, 0.3) is 0 Å². The van der Waals surface area contributed by atoms with Gasteiger partial charge < -0.3 is 9.47 Å². The minimum Gasteiger partial charge on any atom is -0.465 e. The number of esters is 2. The molecule has 0 N–H and O–H groups in total. The van der Waals surface area contributed by atoms with Crippen LogP contribution in [0.15, 0.2) is 12.7 Å². The van der Waals surface area contributed by atoms with Gasteiger partial charge in [-0.05, 0) is 6.92 Å². The van der Waals surface area contributed by atoms with Crippen molar-refractivity contribution < 1.29 is 19.1 Å². The molecule has 0 spiro atoms. The standard InChI is InChI=1S/C9H12O4/c1-3-6-5-7(9(11)13-6)8(10)12-4-2/h3,6-7H,1,4-5H2,2H3. The summed E-state index contributed by atoms with van der Waals surface area (Å²) in [4.78, 5) is 22.2. The summed E-state index contributed by atoms with van der Waals surface area (Å²) in [7, 11) is 0. The normalized spacial score (nSPS) is 26.7.